The van der Waals surface area contributed by atoms with Crippen LogP contribution in [0, 0.1) is 6.92 Å². The Morgan fingerprint density at radius 3 is 2.45 bits per heavy atom. The number of aliphatic carboxylic acids is 1. The lowest BCUT2D eigenvalue weighted by Gasteiger charge is -2.17. The highest BCUT2D eigenvalue weighted by Gasteiger charge is 2.19. The number of nitrogens with zero attached hydrogens (tertiary/aromatic N) is 1. The third-order valence-corrected chi connectivity index (χ3v) is 5.07. The van der Waals surface area contributed by atoms with Crippen molar-refractivity contribution in [1.29, 1.82) is 0 Å². The lowest BCUT2D eigenvalue weighted by atomic mass is 10.0. The molecule has 7 N–H and O–H groups in total. The number of aromatic nitrogens is 2. The molecule has 0 aliphatic heterocycles. The van der Waals surface area contributed by atoms with Crippen LogP contribution < -0.4 is 32.0 Å². The molecule has 0 fully saturated rings. The van der Waals surface area contributed by atoms with Gasteiger partial charge in [-0.2, -0.15) is 0 Å². The summed E-state index contributed by atoms with van der Waals surface area (Å²) in [4.78, 5) is 30.5. The van der Waals surface area contributed by atoms with E-state index >= 15 is 0 Å². The molecule has 10 heteroatoms. The van der Waals surface area contributed by atoms with Crippen LogP contribution in [0.25, 0.3) is 22.5 Å². The quantitative estimate of drug-likeness (QED) is 0.242. The van der Waals surface area contributed by atoms with Gasteiger partial charge in [0.05, 0.1) is 12.2 Å². The Morgan fingerprint density at radius 2 is 1.85 bits per heavy atom. The van der Waals surface area contributed by atoms with Crippen LogP contribution in [0.5, 0.6) is 11.5 Å². The lowest BCUT2D eigenvalue weighted by Crippen LogP contribution is -2.26. The van der Waals surface area contributed by atoms with Crippen molar-refractivity contribution >= 4 is 17.5 Å². The summed E-state index contributed by atoms with van der Waals surface area (Å²) in [5, 5.41) is 9.33. The summed E-state index contributed by atoms with van der Waals surface area (Å²) < 4.78 is 11.5. The molecule has 3 rings (SSSR count). The number of hydrogen-bond acceptors (Lipinski definition) is 8. The fraction of sp³-hybridized carbons (Fsp3) is 0.261. The molecule has 174 valence electrons. The minimum absolute atomic E-state index is 0.0597. The van der Waals surface area contributed by atoms with E-state index in [4.69, 9.17) is 21.1 Å². The van der Waals surface area contributed by atoms with Gasteiger partial charge in [-0.1, -0.05) is 25.1 Å². The van der Waals surface area contributed by atoms with Gasteiger partial charge in [0.15, 0.2) is 11.9 Å². The van der Waals surface area contributed by atoms with Gasteiger partial charge in [0.1, 0.15) is 23.0 Å². The SMILES string of the molecule is CCOc1cc(-c2ccc(C)c(OC(CC)C(=O)O)c2)ccc1-c1nc(NN)c(N)c(=O)[nH]1. The summed E-state index contributed by atoms with van der Waals surface area (Å²) in [6.07, 6.45) is -0.590. The average molecular weight is 453 g/mol. The first-order valence-electron chi connectivity index (χ1n) is 10.4. The third kappa shape index (κ3) is 5.07. The number of hydrogen-bond donors (Lipinski definition) is 5. The number of aromatic amines is 1. The van der Waals surface area contributed by atoms with E-state index in [1.54, 1.807) is 19.1 Å². The molecule has 0 saturated heterocycles. The van der Waals surface area contributed by atoms with Crippen LogP contribution in [-0.2, 0) is 4.79 Å². The first-order valence-corrected chi connectivity index (χ1v) is 10.4. The first-order chi connectivity index (χ1) is 15.8. The zero-order valence-electron chi connectivity index (χ0n) is 18.6. The van der Waals surface area contributed by atoms with Crippen molar-refractivity contribution in [3.8, 4) is 34.0 Å². The van der Waals surface area contributed by atoms with Crippen molar-refractivity contribution in [2.45, 2.75) is 33.3 Å². The van der Waals surface area contributed by atoms with Crippen LogP contribution >= 0.6 is 0 Å². The van der Waals surface area contributed by atoms with Gasteiger partial charge in [-0.05, 0) is 55.2 Å². The van der Waals surface area contributed by atoms with Crippen LogP contribution in [0.2, 0.25) is 0 Å². The van der Waals surface area contributed by atoms with E-state index in [9.17, 15) is 14.7 Å². The minimum atomic E-state index is -1.01. The molecule has 0 aliphatic carbocycles. The van der Waals surface area contributed by atoms with E-state index in [2.05, 4.69) is 15.4 Å². The van der Waals surface area contributed by atoms with Crippen molar-refractivity contribution in [3.63, 3.8) is 0 Å². The molecular weight excluding hydrogens is 426 g/mol. The number of carboxylic acids is 1. The fourth-order valence-electron chi connectivity index (χ4n) is 3.26. The summed E-state index contributed by atoms with van der Waals surface area (Å²) in [5.74, 6) is 5.71. The molecule has 0 aliphatic rings. The Bertz CT molecular complexity index is 1220. The number of carbonyl (C=O) groups is 1. The zero-order chi connectivity index (χ0) is 24.1. The van der Waals surface area contributed by atoms with E-state index in [0.717, 1.165) is 16.7 Å². The van der Waals surface area contributed by atoms with Crippen LogP contribution in [0.4, 0.5) is 11.5 Å². The van der Waals surface area contributed by atoms with Gasteiger partial charge in [-0.3, -0.25) is 4.79 Å². The Kier molecular flexibility index (Phi) is 7.19. The molecule has 1 unspecified atom stereocenters. The van der Waals surface area contributed by atoms with Crippen molar-refractivity contribution in [2.24, 2.45) is 5.84 Å². The smallest absolute Gasteiger partial charge is 0.344 e. The summed E-state index contributed by atoms with van der Waals surface area (Å²) in [6.45, 7) is 5.84. The highest BCUT2D eigenvalue weighted by atomic mass is 16.5. The van der Waals surface area contributed by atoms with Crippen molar-refractivity contribution in [2.75, 3.05) is 17.8 Å². The number of nitrogen functional groups attached to an aromatic ring is 2. The van der Waals surface area contributed by atoms with Gasteiger partial charge < -0.3 is 30.7 Å². The largest absolute Gasteiger partial charge is 0.493 e. The van der Waals surface area contributed by atoms with Gasteiger partial charge in [0, 0.05) is 0 Å². The number of H-pyrrole nitrogens is 1. The predicted octanol–water partition coefficient (Wildman–Crippen LogP) is 2.92. The number of anilines is 2. The van der Waals surface area contributed by atoms with E-state index < -0.39 is 17.6 Å². The Morgan fingerprint density at radius 1 is 1.18 bits per heavy atom. The Balaban J connectivity index is 2.06. The standard InChI is InChI=1S/C23H27N5O5/c1-4-16(23(30)31)33-17-10-13(7-6-12(17)3)14-8-9-15(18(11-14)32-5-2)20-26-21(28-25)19(24)22(29)27-20/h6-11,16H,4-5,24-25H2,1-3H3,(H,30,31)(H2,26,27,28,29). The second kappa shape index (κ2) is 10.0. The molecule has 1 atom stereocenters. The van der Waals surface area contributed by atoms with E-state index in [1.807, 2.05) is 38.1 Å². The van der Waals surface area contributed by atoms with Crippen molar-refractivity contribution in [1.82, 2.24) is 9.97 Å². The molecular formula is C23H27N5O5. The van der Waals surface area contributed by atoms with Crippen LogP contribution in [0.3, 0.4) is 0 Å². The molecule has 10 nitrogen and oxygen atoms in total. The zero-order valence-corrected chi connectivity index (χ0v) is 18.6. The molecule has 0 bridgehead atoms. The van der Waals surface area contributed by atoms with Gasteiger partial charge >= 0.3 is 5.97 Å². The minimum Gasteiger partial charge on any atom is -0.493 e. The highest BCUT2D eigenvalue weighted by Crippen LogP contribution is 2.35. The van der Waals surface area contributed by atoms with Gasteiger partial charge in [-0.25, -0.2) is 15.6 Å². The monoisotopic (exact) mass is 453 g/mol. The van der Waals surface area contributed by atoms with Gasteiger partial charge in [0.2, 0.25) is 0 Å². The maximum absolute atomic E-state index is 12.2. The predicted molar refractivity (Wildman–Crippen MR) is 126 cm³/mol. The molecule has 3 aromatic rings. The number of hydrazine groups is 1. The maximum Gasteiger partial charge on any atom is 0.344 e. The second-order valence-corrected chi connectivity index (χ2v) is 7.30. The molecule has 2 aromatic carbocycles. The number of nitrogens with one attached hydrogen (secondary N) is 2. The number of rotatable bonds is 9. The Labute approximate surface area is 190 Å². The van der Waals surface area contributed by atoms with Gasteiger partial charge in [0.25, 0.3) is 5.56 Å². The molecule has 33 heavy (non-hydrogen) atoms. The van der Waals surface area contributed by atoms with Crippen LogP contribution in [0.1, 0.15) is 25.8 Å². The fourth-order valence-corrected chi connectivity index (χ4v) is 3.26. The van der Waals surface area contributed by atoms with Crippen LogP contribution in [-0.4, -0.2) is 33.8 Å². The molecule has 0 amide bonds. The van der Waals surface area contributed by atoms with Crippen molar-refractivity contribution < 1.29 is 19.4 Å². The van der Waals surface area contributed by atoms with Crippen molar-refractivity contribution in [3.05, 3.63) is 52.3 Å². The summed E-state index contributed by atoms with van der Waals surface area (Å²) in [7, 11) is 0. The average Bonchev–Trinajstić information content (AvgIpc) is 2.80. The normalized spacial score (nSPS) is 11.6. The van der Waals surface area contributed by atoms with E-state index in [0.29, 0.717) is 30.1 Å². The molecule has 0 radical (unpaired) electrons. The maximum atomic E-state index is 12.2. The molecule has 1 heterocycles. The molecule has 1 aromatic heterocycles. The van der Waals surface area contributed by atoms with E-state index in [-0.39, 0.29) is 17.3 Å². The molecule has 0 saturated carbocycles. The number of aryl methyl sites for hydroxylation is 1. The van der Waals surface area contributed by atoms with Crippen LogP contribution in [0.15, 0.2) is 41.2 Å². The van der Waals surface area contributed by atoms with Gasteiger partial charge in [-0.15, -0.1) is 0 Å². The summed E-state index contributed by atoms with van der Waals surface area (Å²) in [5.41, 5.74) is 10.4. The first kappa shape index (κ1) is 23.6. The lowest BCUT2D eigenvalue weighted by molar-refractivity contribution is -0.145. The number of ether oxygens (including phenoxy) is 2. The highest BCUT2D eigenvalue weighted by molar-refractivity contribution is 5.76. The second-order valence-electron chi connectivity index (χ2n) is 7.30. The molecule has 0 spiro atoms. The summed E-state index contributed by atoms with van der Waals surface area (Å²) >= 11 is 0. The van der Waals surface area contributed by atoms with E-state index in [1.165, 1.54) is 0 Å². The Hall–Kier alpha value is -4.05. The topological polar surface area (TPSA) is 166 Å². The number of benzene rings is 2. The summed E-state index contributed by atoms with van der Waals surface area (Å²) in [6, 6.07) is 11.0. The number of carboxylic acid groups (broad SMARTS) is 1. The number of nitrogens with two attached hydrogens (primary N) is 2. The third-order valence-electron chi connectivity index (χ3n) is 5.07.